The van der Waals surface area contributed by atoms with E-state index in [1.54, 1.807) is 13.2 Å². The van der Waals surface area contributed by atoms with Gasteiger partial charge in [-0.25, -0.2) is 4.79 Å². The molecule has 1 aromatic heterocycles. The molecule has 3 aromatic rings. The van der Waals surface area contributed by atoms with Crippen molar-refractivity contribution in [3.05, 3.63) is 70.1 Å². The molecule has 39 heavy (non-hydrogen) atoms. The van der Waals surface area contributed by atoms with Crippen LogP contribution >= 0.6 is 11.3 Å². The van der Waals surface area contributed by atoms with Gasteiger partial charge in [-0.15, -0.1) is 11.3 Å². The van der Waals surface area contributed by atoms with Gasteiger partial charge in [0.05, 0.1) is 20.8 Å². The summed E-state index contributed by atoms with van der Waals surface area (Å²) in [5, 5.41) is 5.24. The van der Waals surface area contributed by atoms with E-state index in [9.17, 15) is 9.59 Å². The number of carbonyl (C=O) groups excluding carboxylic acids is 2. The van der Waals surface area contributed by atoms with E-state index in [1.165, 1.54) is 61.3 Å². The van der Waals surface area contributed by atoms with Gasteiger partial charge in [0.1, 0.15) is 10.6 Å². The van der Waals surface area contributed by atoms with Gasteiger partial charge in [-0.2, -0.15) is 0 Å². The molecule has 0 saturated heterocycles. The lowest BCUT2D eigenvalue weighted by Gasteiger charge is -2.16. The van der Waals surface area contributed by atoms with Crippen molar-refractivity contribution in [2.75, 3.05) is 26.1 Å². The van der Waals surface area contributed by atoms with Crippen LogP contribution in [0.5, 0.6) is 11.5 Å². The second kappa shape index (κ2) is 14.0. The highest BCUT2D eigenvalue weighted by molar-refractivity contribution is 7.15. The van der Waals surface area contributed by atoms with Crippen molar-refractivity contribution in [3.63, 3.8) is 0 Å². The average molecular weight is 548 g/mol. The lowest BCUT2D eigenvalue weighted by Crippen LogP contribution is -2.11. The van der Waals surface area contributed by atoms with Crippen LogP contribution in [0.3, 0.4) is 0 Å². The van der Waals surface area contributed by atoms with Crippen LogP contribution in [-0.4, -0.2) is 32.7 Å². The highest BCUT2D eigenvalue weighted by Gasteiger charge is 2.23. The summed E-state index contributed by atoms with van der Waals surface area (Å²) in [5.74, 6) is 0.494. The highest BCUT2D eigenvalue weighted by atomic mass is 32.1. The van der Waals surface area contributed by atoms with E-state index >= 15 is 0 Å². The van der Waals surface area contributed by atoms with E-state index in [2.05, 4.69) is 30.4 Å². The number of hydrogen-bond donors (Lipinski definition) is 1. The Morgan fingerprint density at radius 3 is 2.56 bits per heavy atom. The summed E-state index contributed by atoms with van der Waals surface area (Å²) >= 11 is 1.32. The number of aryl methyl sites for hydroxylation is 2. The molecule has 1 amide bonds. The molecule has 2 aromatic carbocycles. The molecule has 0 aliphatic heterocycles. The van der Waals surface area contributed by atoms with Crippen molar-refractivity contribution in [3.8, 4) is 22.6 Å². The van der Waals surface area contributed by atoms with E-state index in [0.717, 1.165) is 42.4 Å². The molecule has 0 radical (unpaired) electrons. The van der Waals surface area contributed by atoms with Gasteiger partial charge in [0.2, 0.25) is 5.91 Å². The Labute approximate surface area is 235 Å². The van der Waals surface area contributed by atoms with E-state index in [-0.39, 0.29) is 5.91 Å². The number of amides is 1. The number of anilines is 1. The number of thiophene rings is 1. The van der Waals surface area contributed by atoms with Crippen LogP contribution in [-0.2, 0) is 22.4 Å². The van der Waals surface area contributed by atoms with Crippen LogP contribution in [0.25, 0.3) is 17.2 Å². The fourth-order valence-electron chi connectivity index (χ4n) is 4.81. The molecule has 7 heteroatoms. The number of methoxy groups -OCH3 is 2. The Kier molecular flexibility index (Phi) is 10.2. The molecule has 1 N–H and O–H groups in total. The first-order valence-corrected chi connectivity index (χ1v) is 14.5. The first kappa shape index (κ1) is 28.4. The molecule has 0 spiro atoms. The maximum atomic E-state index is 12.8. The van der Waals surface area contributed by atoms with Gasteiger partial charge in [0.25, 0.3) is 0 Å². The smallest absolute Gasteiger partial charge is 0.341 e. The quantitative estimate of drug-likeness (QED) is 0.143. The fraction of sp³-hybridized carbons (Fsp3) is 0.375. The maximum absolute atomic E-state index is 12.8. The van der Waals surface area contributed by atoms with Crippen LogP contribution in [0.2, 0.25) is 0 Å². The van der Waals surface area contributed by atoms with Crippen LogP contribution in [0.1, 0.15) is 72.5 Å². The van der Waals surface area contributed by atoms with Gasteiger partial charge in [0.15, 0.2) is 11.5 Å². The zero-order valence-electron chi connectivity index (χ0n) is 23.0. The third kappa shape index (κ3) is 7.30. The Hall–Kier alpha value is -3.58. The third-order valence-corrected chi connectivity index (χ3v) is 7.84. The van der Waals surface area contributed by atoms with Crippen molar-refractivity contribution in [1.82, 2.24) is 0 Å². The standard InChI is InChI=1S/C32H37NO5S/c1-4-5-6-9-18-38-27-16-12-22(19-28(27)36-2)13-17-29(34)33-31-30(32(35)37-3)26(21-39-31)25-15-14-23-10-7-8-11-24(23)20-25/h12-17,19-21H,4-11,18H2,1-3H3,(H,33,34)/b17-13+. The fourth-order valence-corrected chi connectivity index (χ4v) is 5.77. The van der Waals surface area contributed by atoms with Crippen molar-refractivity contribution in [1.29, 1.82) is 0 Å². The van der Waals surface area contributed by atoms with Gasteiger partial charge in [-0.3, -0.25) is 4.79 Å². The summed E-state index contributed by atoms with van der Waals surface area (Å²) in [6.45, 7) is 2.83. The number of esters is 1. The Bertz CT molecular complexity index is 1330. The minimum Gasteiger partial charge on any atom is -0.493 e. The van der Waals surface area contributed by atoms with E-state index in [1.807, 2.05) is 23.6 Å². The molecule has 1 aliphatic rings. The number of unbranched alkanes of at least 4 members (excludes halogenated alkanes) is 3. The summed E-state index contributed by atoms with van der Waals surface area (Å²) < 4.78 is 16.4. The van der Waals surface area contributed by atoms with Crippen LogP contribution < -0.4 is 14.8 Å². The predicted octanol–water partition coefficient (Wildman–Crippen LogP) is 7.70. The summed E-state index contributed by atoms with van der Waals surface area (Å²) in [5.41, 5.74) is 5.62. The number of fused-ring (bicyclic) bond motifs is 1. The van der Waals surface area contributed by atoms with E-state index in [4.69, 9.17) is 14.2 Å². The Morgan fingerprint density at radius 1 is 0.974 bits per heavy atom. The molecule has 0 unspecified atom stereocenters. The maximum Gasteiger partial charge on any atom is 0.341 e. The molecule has 0 fully saturated rings. The summed E-state index contributed by atoms with van der Waals surface area (Å²) in [4.78, 5) is 25.6. The summed E-state index contributed by atoms with van der Waals surface area (Å²) in [7, 11) is 2.96. The average Bonchev–Trinajstić information content (AvgIpc) is 3.38. The topological polar surface area (TPSA) is 73.9 Å². The monoisotopic (exact) mass is 547 g/mol. The van der Waals surface area contributed by atoms with Crippen molar-refractivity contribution < 1.29 is 23.8 Å². The van der Waals surface area contributed by atoms with Gasteiger partial charge in [-0.1, -0.05) is 50.5 Å². The summed E-state index contributed by atoms with van der Waals surface area (Å²) in [6.07, 6.45) is 12.2. The number of hydrogen-bond acceptors (Lipinski definition) is 6. The zero-order chi connectivity index (χ0) is 27.6. The molecule has 6 nitrogen and oxygen atoms in total. The minimum absolute atomic E-state index is 0.339. The first-order chi connectivity index (χ1) is 19.0. The number of carbonyl (C=O) groups is 2. The SMILES string of the molecule is CCCCCCOc1ccc(/C=C/C(=O)Nc2scc(-c3ccc4c(c3)CCCC4)c2C(=O)OC)cc1OC. The van der Waals surface area contributed by atoms with Crippen LogP contribution in [0.15, 0.2) is 47.9 Å². The van der Waals surface area contributed by atoms with Gasteiger partial charge in [0, 0.05) is 17.0 Å². The zero-order valence-corrected chi connectivity index (χ0v) is 23.8. The Morgan fingerprint density at radius 2 is 1.79 bits per heavy atom. The Balaban J connectivity index is 1.46. The van der Waals surface area contributed by atoms with Crippen LogP contribution in [0, 0.1) is 0 Å². The number of benzene rings is 2. The van der Waals surface area contributed by atoms with Gasteiger partial charge in [-0.05, 0) is 72.6 Å². The summed E-state index contributed by atoms with van der Waals surface area (Å²) in [6, 6.07) is 11.9. The normalized spacial score (nSPS) is 12.7. The highest BCUT2D eigenvalue weighted by Crippen LogP contribution is 2.38. The second-order valence-electron chi connectivity index (χ2n) is 9.68. The molecular formula is C32H37NO5S. The molecule has 0 bridgehead atoms. The van der Waals surface area contributed by atoms with Crippen molar-refractivity contribution in [2.45, 2.75) is 58.3 Å². The second-order valence-corrected chi connectivity index (χ2v) is 10.6. The van der Waals surface area contributed by atoms with Crippen molar-refractivity contribution >= 4 is 34.3 Å². The lowest BCUT2D eigenvalue weighted by molar-refractivity contribution is -0.111. The molecule has 0 atom stereocenters. The number of nitrogens with one attached hydrogen (secondary N) is 1. The van der Waals surface area contributed by atoms with Crippen molar-refractivity contribution in [2.24, 2.45) is 0 Å². The predicted molar refractivity (Wildman–Crippen MR) is 158 cm³/mol. The van der Waals surface area contributed by atoms with Gasteiger partial charge >= 0.3 is 5.97 Å². The number of rotatable bonds is 12. The van der Waals surface area contributed by atoms with E-state index in [0.29, 0.717) is 28.7 Å². The third-order valence-electron chi connectivity index (χ3n) is 6.95. The van der Waals surface area contributed by atoms with Gasteiger partial charge < -0.3 is 19.5 Å². The first-order valence-electron chi connectivity index (χ1n) is 13.7. The molecule has 1 heterocycles. The minimum atomic E-state index is -0.474. The molecule has 206 valence electrons. The van der Waals surface area contributed by atoms with E-state index < -0.39 is 5.97 Å². The molecular weight excluding hydrogens is 510 g/mol. The number of ether oxygens (including phenoxy) is 3. The molecule has 0 saturated carbocycles. The lowest BCUT2D eigenvalue weighted by atomic mass is 9.89. The largest absolute Gasteiger partial charge is 0.493 e. The molecule has 1 aliphatic carbocycles. The van der Waals surface area contributed by atoms with Crippen LogP contribution in [0.4, 0.5) is 5.00 Å². The molecule has 4 rings (SSSR count).